The molecule has 35 heavy (non-hydrogen) atoms. The zero-order chi connectivity index (χ0) is 24.8. The minimum atomic E-state index is -4.82. The van der Waals surface area contributed by atoms with Gasteiger partial charge in [-0.2, -0.15) is 0 Å². The average molecular weight is 510 g/mol. The lowest BCUT2D eigenvalue weighted by Crippen LogP contribution is -2.47. The van der Waals surface area contributed by atoms with Crippen molar-refractivity contribution < 1.29 is 27.5 Å². The molecule has 1 aliphatic rings. The molecule has 0 unspecified atom stereocenters. The number of likely N-dealkylation sites (tertiary alicyclic amines) is 1. The molecule has 12 heteroatoms. The third-order valence-corrected chi connectivity index (χ3v) is 5.88. The van der Waals surface area contributed by atoms with Crippen molar-refractivity contribution in [3.63, 3.8) is 0 Å². The first kappa shape index (κ1) is 24.8. The van der Waals surface area contributed by atoms with Crippen molar-refractivity contribution in [2.45, 2.75) is 38.2 Å². The first-order valence-corrected chi connectivity index (χ1v) is 11.3. The van der Waals surface area contributed by atoms with Gasteiger partial charge in [0.2, 0.25) is 5.91 Å². The second-order valence-corrected chi connectivity index (χ2v) is 8.43. The lowest BCUT2D eigenvalue weighted by Gasteiger charge is -2.35. The summed E-state index contributed by atoms with van der Waals surface area (Å²) in [5.41, 5.74) is 3.93. The van der Waals surface area contributed by atoms with E-state index in [1.807, 2.05) is 0 Å². The number of piperidine rings is 1. The standard InChI is InChI=1S/C23H23ClF3N5O3/c24-20-11-16(8-9-18(20)19-6-1-2-7-21(19)35-23(25,26)27)30-34-13-17-5-3-4-10-32(17)22(33)12-31-14-28-29-15-31/h1-2,6-9,11,14-15,17,30H,3-5,10,12-13H2/t17-/m1/s1. The Hall–Kier alpha value is -3.31. The van der Waals surface area contributed by atoms with Crippen LogP contribution >= 0.6 is 11.6 Å². The molecule has 8 nitrogen and oxygen atoms in total. The molecule has 1 fully saturated rings. The van der Waals surface area contributed by atoms with E-state index in [-0.39, 0.29) is 41.4 Å². The minimum Gasteiger partial charge on any atom is -0.405 e. The number of alkyl halides is 3. The van der Waals surface area contributed by atoms with E-state index in [2.05, 4.69) is 20.4 Å². The zero-order valence-corrected chi connectivity index (χ0v) is 19.3. The number of ether oxygens (including phenoxy) is 1. The van der Waals surface area contributed by atoms with Crippen LogP contribution in [0.25, 0.3) is 11.1 Å². The number of benzene rings is 2. The molecule has 0 spiro atoms. The van der Waals surface area contributed by atoms with Crippen molar-refractivity contribution >= 4 is 23.2 Å². The Labute approximate surface area is 204 Å². The molecule has 186 valence electrons. The summed E-state index contributed by atoms with van der Waals surface area (Å²) in [5.74, 6) is -0.377. The van der Waals surface area contributed by atoms with E-state index in [1.54, 1.807) is 33.7 Å². The molecule has 1 N–H and O–H groups in total. The van der Waals surface area contributed by atoms with Crippen molar-refractivity contribution in [2.75, 3.05) is 18.6 Å². The van der Waals surface area contributed by atoms with Gasteiger partial charge in [-0.3, -0.25) is 15.1 Å². The van der Waals surface area contributed by atoms with Crippen LogP contribution in [0.1, 0.15) is 19.3 Å². The topological polar surface area (TPSA) is 81.5 Å². The second kappa shape index (κ2) is 11.0. The largest absolute Gasteiger partial charge is 0.573 e. The molecule has 0 bridgehead atoms. The molecular weight excluding hydrogens is 487 g/mol. The highest BCUT2D eigenvalue weighted by molar-refractivity contribution is 6.33. The van der Waals surface area contributed by atoms with Gasteiger partial charge in [0.25, 0.3) is 0 Å². The molecule has 0 radical (unpaired) electrons. The van der Waals surface area contributed by atoms with Crippen LogP contribution in [-0.4, -0.2) is 51.1 Å². The number of nitrogens with zero attached hydrogens (tertiary/aromatic N) is 4. The summed E-state index contributed by atoms with van der Waals surface area (Å²) in [6, 6.07) is 10.5. The molecule has 1 aromatic heterocycles. The van der Waals surface area contributed by atoms with E-state index in [0.29, 0.717) is 17.8 Å². The Morgan fingerprint density at radius 2 is 1.89 bits per heavy atom. The van der Waals surface area contributed by atoms with Crippen molar-refractivity contribution in [3.8, 4) is 16.9 Å². The molecule has 2 heterocycles. The van der Waals surface area contributed by atoms with Gasteiger partial charge in [-0.05, 0) is 37.5 Å². The second-order valence-electron chi connectivity index (χ2n) is 8.02. The SMILES string of the molecule is O=C(Cn1cnnc1)N1CCCC[C@@H]1CONc1ccc(-c2ccccc2OC(F)(F)F)c(Cl)c1. The first-order valence-electron chi connectivity index (χ1n) is 10.9. The van der Waals surface area contributed by atoms with E-state index in [4.69, 9.17) is 16.4 Å². The highest BCUT2D eigenvalue weighted by Crippen LogP contribution is 2.38. The first-order chi connectivity index (χ1) is 16.8. The maximum absolute atomic E-state index is 12.8. The van der Waals surface area contributed by atoms with Gasteiger partial charge >= 0.3 is 6.36 Å². The van der Waals surface area contributed by atoms with Gasteiger partial charge in [-0.25, -0.2) is 0 Å². The Bertz CT molecular complexity index is 1140. The van der Waals surface area contributed by atoms with Gasteiger partial charge in [0.05, 0.1) is 23.4 Å². The predicted octanol–water partition coefficient (Wildman–Crippen LogP) is 4.92. The highest BCUT2D eigenvalue weighted by Gasteiger charge is 2.32. The third-order valence-electron chi connectivity index (χ3n) is 5.57. The van der Waals surface area contributed by atoms with Gasteiger partial charge < -0.3 is 14.2 Å². The highest BCUT2D eigenvalue weighted by atomic mass is 35.5. The van der Waals surface area contributed by atoms with Crippen LogP contribution in [0.4, 0.5) is 18.9 Å². The van der Waals surface area contributed by atoms with Crippen LogP contribution in [0, 0.1) is 0 Å². The Kier molecular flexibility index (Phi) is 7.76. The van der Waals surface area contributed by atoms with Gasteiger partial charge in [0.1, 0.15) is 24.9 Å². The average Bonchev–Trinajstić information content (AvgIpc) is 3.32. The van der Waals surface area contributed by atoms with E-state index >= 15 is 0 Å². The fourth-order valence-corrected chi connectivity index (χ4v) is 4.26. The van der Waals surface area contributed by atoms with Crippen LogP contribution in [0.2, 0.25) is 5.02 Å². The maximum atomic E-state index is 12.8. The predicted molar refractivity (Wildman–Crippen MR) is 123 cm³/mol. The van der Waals surface area contributed by atoms with Crippen LogP contribution in [0.3, 0.4) is 0 Å². The number of para-hydroxylation sites is 1. The molecule has 0 aliphatic carbocycles. The molecule has 1 amide bonds. The summed E-state index contributed by atoms with van der Waals surface area (Å²) < 4.78 is 44.0. The third kappa shape index (κ3) is 6.64. The lowest BCUT2D eigenvalue weighted by atomic mass is 10.0. The fraction of sp³-hybridized carbons (Fsp3) is 0.348. The molecular formula is C23H23ClF3N5O3. The number of halogens is 4. The lowest BCUT2D eigenvalue weighted by molar-refractivity contribution is -0.274. The minimum absolute atomic E-state index is 0.0368. The zero-order valence-electron chi connectivity index (χ0n) is 18.5. The number of aromatic nitrogens is 3. The number of carbonyl (C=O) groups is 1. The van der Waals surface area contributed by atoms with E-state index in [9.17, 15) is 18.0 Å². The van der Waals surface area contributed by atoms with Gasteiger partial charge in [-0.1, -0.05) is 35.9 Å². The van der Waals surface area contributed by atoms with E-state index in [1.165, 1.54) is 30.9 Å². The smallest absolute Gasteiger partial charge is 0.405 e. The quantitative estimate of drug-likeness (QED) is 0.434. The summed E-state index contributed by atoms with van der Waals surface area (Å²) >= 11 is 6.37. The number of nitrogens with one attached hydrogen (secondary N) is 1. The summed E-state index contributed by atoms with van der Waals surface area (Å²) in [5, 5.41) is 7.65. The van der Waals surface area contributed by atoms with Crippen molar-refractivity contribution in [1.29, 1.82) is 0 Å². The molecule has 4 rings (SSSR count). The summed E-state index contributed by atoms with van der Waals surface area (Å²) in [6.45, 7) is 1.07. The summed E-state index contributed by atoms with van der Waals surface area (Å²) in [7, 11) is 0. The Balaban J connectivity index is 1.37. The van der Waals surface area contributed by atoms with Crippen LogP contribution in [0.5, 0.6) is 5.75 Å². The number of amides is 1. The van der Waals surface area contributed by atoms with E-state index < -0.39 is 6.36 Å². The number of hydrogen-bond donors (Lipinski definition) is 1. The number of rotatable bonds is 8. The van der Waals surface area contributed by atoms with Gasteiger partial charge in [0.15, 0.2) is 0 Å². The van der Waals surface area contributed by atoms with Crippen LogP contribution in [-0.2, 0) is 16.2 Å². The molecule has 1 atom stereocenters. The van der Waals surface area contributed by atoms with Crippen molar-refractivity contribution in [2.24, 2.45) is 0 Å². The molecule has 0 saturated carbocycles. The molecule has 3 aromatic rings. The fourth-order valence-electron chi connectivity index (χ4n) is 3.97. The van der Waals surface area contributed by atoms with Crippen molar-refractivity contribution in [3.05, 3.63) is 60.1 Å². The van der Waals surface area contributed by atoms with Gasteiger partial charge in [-0.15, -0.1) is 23.4 Å². The monoisotopic (exact) mass is 509 g/mol. The summed E-state index contributed by atoms with van der Waals surface area (Å²) in [6.07, 6.45) is 0.901. The number of anilines is 1. The summed E-state index contributed by atoms with van der Waals surface area (Å²) in [4.78, 5) is 20.2. The molecule has 1 saturated heterocycles. The Morgan fingerprint density at radius 3 is 2.63 bits per heavy atom. The normalized spacial score (nSPS) is 16.2. The van der Waals surface area contributed by atoms with Crippen molar-refractivity contribution in [1.82, 2.24) is 19.7 Å². The molecule has 2 aromatic carbocycles. The number of hydrogen-bond acceptors (Lipinski definition) is 6. The number of carbonyl (C=O) groups excluding carboxylic acids is 1. The molecule has 1 aliphatic heterocycles. The van der Waals surface area contributed by atoms with Crippen LogP contribution < -0.4 is 10.2 Å². The van der Waals surface area contributed by atoms with Crippen LogP contribution in [0.15, 0.2) is 55.1 Å². The van der Waals surface area contributed by atoms with Gasteiger partial charge in [0, 0.05) is 17.7 Å². The Morgan fingerprint density at radius 1 is 1.11 bits per heavy atom. The maximum Gasteiger partial charge on any atom is 0.573 e. The van der Waals surface area contributed by atoms with E-state index in [0.717, 1.165) is 19.3 Å².